The third-order valence-corrected chi connectivity index (χ3v) is 3.04. The number of rotatable bonds is 3. The molecule has 6 heteroatoms. The number of thiophene rings is 1. The molecule has 18 heavy (non-hydrogen) atoms. The zero-order valence-corrected chi connectivity index (χ0v) is 11.7. The first kappa shape index (κ1) is 14.5. The number of esters is 2. The van der Waals surface area contributed by atoms with Gasteiger partial charge in [0.25, 0.3) is 0 Å². The quantitative estimate of drug-likeness (QED) is 0.852. The monoisotopic (exact) mass is 271 g/mol. The summed E-state index contributed by atoms with van der Waals surface area (Å²) in [4.78, 5) is 23.3. The summed E-state index contributed by atoms with van der Waals surface area (Å²) < 4.78 is 9.86. The summed E-state index contributed by atoms with van der Waals surface area (Å²) in [6.07, 6.45) is 0. The lowest BCUT2D eigenvalue weighted by Crippen LogP contribution is -2.27. The van der Waals surface area contributed by atoms with E-state index in [0.29, 0.717) is 10.6 Å². The van der Waals surface area contributed by atoms with Crippen LogP contribution in [0, 0.1) is 6.92 Å². The minimum absolute atomic E-state index is 0.316. The second-order valence-electron chi connectivity index (χ2n) is 4.82. The van der Waals surface area contributed by atoms with Crippen LogP contribution in [0.3, 0.4) is 0 Å². The Hall–Kier alpha value is -1.56. The number of ether oxygens (including phenoxy) is 2. The van der Waals surface area contributed by atoms with E-state index in [1.165, 1.54) is 11.3 Å². The molecule has 0 saturated carbocycles. The van der Waals surface area contributed by atoms with Gasteiger partial charge in [-0.1, -0.05) is 0 Å². The molecule has 1 aromatic heterocycles. The second-order valence-corrected chi connectivity index (χ2v) is 5.70. The van der Waals surface area contributed by atoms with Gasteiger partial charge < -0.3 is 15.2 Å². The van der Waals surface area contributed by atoms with Gasteiger partial charge in [0.05, 0.1) is 5.69 Å². The van der Waals surface area contributed by atoms with Gasteiger partial charge >= 0.3 is 11.9 Å². The van der Waals surface area contributed by atoms with Crippen LogP contribution in [0.1, 0.15) is 36.0 Å². The normalized spacial score (nSPS) is 11.1. The van der Waals surface area contributed by atoms with Crippen molar-refractivity contribution >= 4 is 29.0 Å². The molecular weight excluding hydrogens is 254 g/mol. The molecule has 0 spiro atoms. The summed E-state index contributed by atoms with van der Waals surface area (Å²) in [6.45, 7) is 6.62. The van der Waals surface area contributed by atoms with E-state index in [4.69, 9.17) is 15.2 Å². The number of carbonyl (C=O) groups excluding carboxylic acids is 2. The van der Waals surface area contributed by atoms with Crippen LogP contribution in [0.5, 0.6) is 0 Å². The third kappa shape index (κ3) is 4.03. The number of hydrogen-bond donors (Lipinski definition) is 1. The van der Waals surface area contributed by atoms with Crippen molar-refractivity contribution in [2.45, 2.75) is 33.3 Å². The van der Waals surface area contributed by atoms with E-state index in [9.17, 15) is 9.59 Å². The lowest BCUT2D eigenvalue weighted by Gasteiger charge is -2.19. The van der Waals surface area contributed by atoms with Crippen LogP contribution < -0.4 is 5.73 Å². The highest BCUT2D eigenvalue weighted by molar-refractivity contribution is 7.12. The number of aryl methyl sites for hydroxylation is 1. The average molecular weight is 271 g/mol. The van der Waals surface area contributed by atoms with Crippen LogP contribution in [-0.4, -0.2) is 24.1 Å². The third-order valence-electron chi connectivity index (χ3n) is 1.95. The van der Waals surface area contributed by atoms with Crippen LogP contribution in [0.15, 0.2) is 5.38 Å². The molecule has 0 fully saturated rings. The Morgan fingerprint density at radius 3 is 2.44 bits per heavy atom. The molecular formula is C12H17NO4S. The van der Waals surface area contributed by atoms with Gasteiger partial charge in [0.1, 0.15) is 10.5 Å². The summed E-state index contributed by atoms with van der Waals surface area (Å²) in [5, 5.41) is 1.76. The first-order valence-corrected chi connectivity index (χ1v) is 6.31. The Balaban J connectivity index is 2.52. The van der Waals surface area contributed by atoms with Crippen LogP contribution in [0.4, 0.5) is 5.69 Å². The Bertz CT molecular complexity index is 459. The van der Waals surface area contributed by atoms with Gasteiger partial charge in [-0.05, 0) is 38.6 Å². The zero-order chi connectivity index (χ0) is 13.9. The highest BCUT2D eigenvalue weighted by Crippen LogP contribution is 2.24. The van der Waals surface area contributed by atoms with Gasteiger partial charge in [-0.3, -0.25) is 0 Å². The van der Waals surface area contributed by atoms with Gasteiger partial charge in [0.15, 0.2) is 6.61 Å². The van der Waals surface area contributed by atoms with Gasteiger partial charge in [0, 0.05) is 0 Å². The van der Waals surface area contributed by atoms with Crippen LogP contribution in [0.2, 0.25) is 0 Å². The maximum atomic E-state index is 11.6. The molecule has 100 valence electrons. The molecule has 0 aromatic carbocycles. The van der Waals surface area contributed by atoms with Gasteiger partial charge in [0.2, 0.25) is 0 Å². The molecule has 0 atom stereocenters. The molecule has 1 rings (SSSR count). The van der Waals surface area contributed by atoms with E-state index in [1.54, 1.807) is 33.1 Å². The van der Waals surface area contributed by atoms with Crippen molar-refractivity contribution in [3.05, 3.63) is 15.8 Å². The fraction of sp³-hybridized carbons (Fsp3) is 0.500. The molecule has 0 amide bonds. The smallest absolute Gasteiger partial charge is 0.351 e. The van der Waals surface area contributed by atoms with E-state index >= 15 is 0 Å². The topological polar surface area (TPSA) is 78.6 Å². The van der Waals surface area contributed by atoms with Crippen molar-refractivity contribution in [3.8, 4) is 0 Å². The molecule has 0 aliphatic rings. The van der Waals surface area contributed by atoms with Crippen molar-refractivity contribution in [1.82, 2.24) is 0 Å². The van der Waals surface area contributed by atoms with E-state index in [-0.39, 0.29) is 0 Å². The van der Waals surface area contributed by atoms with Crippen molar-refractivity contribution in [2.75, 3.05) is 12.3 Å². The fourth-order valence-corrected chi connectivity index (χ4v) is 2.04. The fourth-order valence-electron chi connectivity index (χ4n) is 1.17. The predicted octanol–water partition coefficient (Wildman–Crippen LogP) is 2.14. The minimum atomic E-state index is -0.601. The Morgan fingerprint density at radius 1 is 1.39 bits per heavy atom. The number of carbonyl (C=O) groups is 2. The summed E-state index contributed by atoms with van der Waals surface area (Å²) in [6, 6.07) is 0. The van der Waals surface area contributed by atoms with Crippen molar-refractivity contribution in [1.29, 1.82) is 0 Å². The molecule has 1 heterocycles. The van der Waals surface area contributed by atoms with Crippen LogP contribution >= 0.6 is 11.3 Å². The summed E-state index contributed by atoms with van der Waals surface area (Å²) in [5.41, 5.74) is 6.33. The molecule has 0 bridgehead atoms. The second kappa shape index (κ2) is 5.39. The standard InChI is InChI=1S/C12H17NO4S/c1-7-6-18-10(9(7)13)11(15)16-5-8(14)17-12(2,3)4/h6H,5,13H2,1-4H3. The maximum Gasteiger partial charge on any atom is 0.351 e. The van der Waals surface area contributed by atoms with Crippen LogP contribution in [0.25, 0.3) is 0 Å². The molecule has 0 aliphatic carbocycles. The molecule has 0 saturated heterocycles. The Morgan fingerprint density at radius 2 is 2.00 bits per heavy atom. The Labute approximate surface area is 110 Å². The van der Waals surface area contributed by atoms with Crippen LogP contribution in [-0.2, 0) is 14.3 Å². The van der Waals surface area contributed by atoms with Crippen molar-refractivity contribution < 1.29 is 19.1 Å². The van der Waals surface area contributed by atoms with E-state index in [0.717, 1.165) is 5.56 Å². The van der Waals surface area contributed by atoms with Crippen molar-refractivity contribution in [2.24, 2.45) is 0 Å². The minimum Gasteiger partial charge on any atom is -0.457 e. The predicted molar refractivity (Wildman–Crippen MR) is 69.6 cm³/mol. The Kier molecular flexibility index (Phi) is 4.34. The molecule has 5 nitrogen and oxygen atoms in total. The first-order valence-electron chi connectivity index (χ1n) is 5.43. The lowest BCUT2D eigenvalue weighted by molar-refractivity contribution is -0.158. The van der Waals surface area contributed by atoms with Crippen molar-refractivity contribution in [3.63, 3.8) is 0 Å². The highest BCUT2D eigenvalue weighted by atomic mass is 32.1. The van der Waals surface area contributed by atoms with E-state index < -0.39 is 24.1 Å². The summed E-state index contributed by atoms with van der Waals surface area (Å²) >= 11 is 1.20. The first-order chi connectivity index (χ1) is 8.20. The molecule has 0 radical (unpaired) electrons. The average Bonchev–Trinajstić information content (AvgIpc) is 2.54. The van der Waals surface area contributed by atoms with Gasteiger partial charge in [-0.15, -0.1) is 11.3 Å². The molecule has 2 N–H and O–H groups in total. The molecule has 0 unspecified atom stereocenters. The van der Waals surface area contributed by atoms with E-state index in [2.05, 4.69) is 0 Å². The lowest BCUT2D eigenvalue weighted by atomic mass is 10.2. The highest BCUT2D eigenvalue weighted by Gasteiger charge is 2.20. The summed E-state index contributed by atoms with van der Waals surface area (Å²) in [5.74, 6) is -1.18. The molecule has 0 aliphatic heterocycles. The molecule has 1 aromatic rings. The zero-order valence-electron chi connectivity index (χ0n) is 10.9. The SMILES string of the molecule is Cc1csc(C(=O)OCC(=O)OC(C)(C)C)c1N. The number of anilines is 1. The van der Waals surface area contributed by atoms with Gasteiger partial charge in [-0.25, -0.2) is 9.59 Å². The van der Waals surface area contributed by atoms with E-state index in [1.807, 2.05) is 0 Å². The largest absolute Gasteiger partial charge is 0.457 e. The summed E-state index contributed by atoms with van der Waals surface area (Å²) in [7, 11) is 0. The number of nitrogens with two attached hydrogens (primary N) is 1. The number of hydrogen-bond acceptors (Lipinski definition) is 6. The number of nitrogen functional groups attached to an aromatic ring is 1. The maximum absolute atomic E-state index is 11.6. The van der Waals surface area contributed by atoms with Gasteiger partial charge in [-0.2, -0.15) is 0 Å².